The first-order chi connectivity index (χ1) is 11.8. The molecule has 2 aromatic rings. The summed E-state index contributed by atoms with van der Waals surface area (Å²) in [4.78, 5) is 23.5. The minimum Gasteiger partial charge on any atom is -0.355 e. The minimum absolute atomic E-state index is 0.115. The van der Waals surface area contributed by atoms with Crippen molar-refractivity contribution in [1.29, 1.82) is 0 Å². The van der Waals surface area contributed by atoms with Crippen LogP contribution in [0.5, 0.6) is 0 Å². The molecule has 0 aromatic heterocycles. The fourth-order valence-corrected chi connectivity index (χ4v) is 2.59. The number of amides is 2. The van der Waals surface area contributed by atoms with Crippen molar-refractivity contribution >= 4 is 17.5 Å². The summed E-state index contributed by atoms with van der Waals surface area (Å²) >= 11 is 0. The number of anilines is 1. The molecule has 0 bridgehead atoms. The van der Waals surface area contributed by atoms with Gasteiger partial charge in [0, 0.05) is 24.7 Å². The summed E-state index contributed by atoms with van der Waals surface area (Å²) in [6.07, 6.45) is 0.652. The smallest absolute Gasteiger partial charge is 0.230 e. The molecule has 0 radical (unpaired) electrons. The molecule has 0 heterocycles. The Balaban J connectivity index is 1.91. The molecule has 0 aliphatic rings. The lowest BCUT2D eigenvalue weighted by molar-refractivity contribution is -0.125. The Labute approximate surface area is 147 Å². The zero-order chi connectivity index (χ0) is 18.4. The molecule has 0 fully saturated rings. The number of nitrogens with one attached hydrogen (secondary N) is 2. The SMILES string of the molecule is CC(=O)Nc1ccc(CCNC(=O)C(C)(C)c2ccccc2F)cc1. The number of carbonyl (C=O) groups excluding carboxylic acids is 2. The van der Waals surface area contributed by atoms with E-state index in [2.05, 4.69) is 10.6 Å². The van der Waals surface area contributed by atoms with Gasteiger partial charge in [-0.15, -0.1) is 0 Å². The molecule has 0 saturated heterocycles. The molecule has 2 rings (SSSR count). The van der Waals surface area contributed by atoms with E-state index in [4.69, 9.17) is 0 Å². The highest BCUT2D eigenvalue weighted by atomic mass is 19.1. The molecule has 5 heteroatoms. The number of hydrogen-bond donors (Lipinski definition) is 2. The zero-order valence-electron chi connectivity index (χ0n) is 14.7. The van der Waals surface area contributed by atoms with Gasteiger partial charge in [-0.3, -0.25) is 9.59 Å². The Hall–Kier alpha value is -2.69. The van der Waals surface area contributed by atoms with Gasteiger partial charge in [0.2, 0.25) is 11.8 Å². The Bertz CT molecular complexity index is 755. The van der Waals surface area contributed by atoms with Gasteiger partial charge in [0.05, 0.1) is 5.41 Å². The maximum Gasteiger partial charge on any atom is 0.230 e. The van der Waals surface area contributed by atoms with Crippen molar-refractivity contribution in [2.75, 3.05) is 11.9 Å². The van der Waals surface area contributed by atoms with Crippen molar-refractivity contribution in [3.8, 4) is 0 Å². The summed E-state index contributed by atoms with van der Waals surface area (Å²) < 4.78 is 14.0. The van der Waals surface area contributed by atoms with Gasteiger partial charge in [0.1, 0.15) is 5.82 Å². The third kappa shape index (κ3) is 4.89. The second-order valence-corrected chi connectivity index (χ2v) is 6.49. The Morgan fingerprint density at radius 2 is 1.68 bits per heavy atom. The lowest BCUT2D eigenvalue weighted by Crippen LogP contribution is -2.41. The maximum absolute atomic E-state index is 14.0. The molecule has 2 aromatic carbocycles. The Kier molecular flexibility index (Phi) is 5.91. The summed E-state index contributed by atoms with van der Waals surface area (Å²) in [5.74, 6) is -0.709. The lowest BCUT2D eigenvalue weighted by Gasteiger charge is -2.24. The van der Waals surface area contributed by atoms with Crippen LogP contribution in [-0.4, -0.2) is 18.4 Å². The molecule has 0 aliphatic heterocycles. The third-order valence-corrected chi connectivity index (χ3v) is 4.09. The van der Waals surface area contributed by atoms with E-state index < -0.39 is 5.41 Å². The number of rotatable bonds is 6. The third-order valence-electron chi connectivity index (χ3n) is 4.09. The quantitative estimate of drug-likeness (QED) is 0.845. The average Bonchev–Trinajstić information content (AvgIpc) is 2.56. The van der Waals surface area contributed by atoms with Crippen LogP contribution >= 0.6 is 0 Å². The van der Waals surface area contributed by atoms with Gasteiger partial charge in [-0.25, -0.2) is 4.39 Å². The largest absolute Gasteiger partial charge is 0.355 e. The second kappa shape index (κ2) is 7.92. The highest BCUT2D eigenvalue weighted by Gasteiger charge is 2.31. The molecule has 132 valence electrons. The number of hydrogen-bond acceptors (Lipinski definition) is 2. The highest BCUT2D eigenvalue weighted by Crippen LogP contribution is 2.25. The van der Waals surface area contributed by atoms with E-state index in [1.165, 1.54) is 13.0 Å². The molecule has 0 spiro atoms. The summed E-state index contributed by atoms with van der Waals surface area (Å²) in [6, 6.07) is 13.8. The summed E-state index contributed by atoms with van der Waals surface area (Å²) in [7, 11) is 0. The normalized spacial score (nSPS) is 11.0. The highest BCUT2D eigenvalue weighted by molar-refractivity contribution is 5.88. The summed E-state index contributed by atoms with van der Waals surface area (Å²) in [6.45, 7) is 5.34. The van der Waals surface area contributed by atoms with Crippen molar-refractivity contribution in [3.63, 3.8) is 0 Å². The van der Waals surface area contributed by atoms with Crippen molar-refractivity contribution in [3.05, 3.63) is 65.5 Å². The van der Waals surface area contributed by atoms with Gasteiger partial charge in [-0.2, -0.15) is 0 Å². The van der Waals surface area contributed by atoms with Gasteiger partial charge in [-0.1, -0.05) is 30.3 Å². The predicted molar refractivity (Wildman–Crippen MR) is 96.9 cm³/mol. The first kappa shape index (κ1) is 18.6. The van der Waals surface area contributed by atoms with Crippen LogP contribution in [0.1, 0.15) is 31.9 Å². The van der Waals surface area contributed by atoms with Crippen molar-refractivity contribution in [2.45, 2.75) is 32.6 Å². The molecule has 4 nitrogen and oxygen atoms in total. The standard InChI is InChI=1S/C20H23FN2O2/c1-14(24)23-16-10-8-15(9-11-16)12-13-22-19(25)20(2,3)17-6-4-5-7-18(17)21/h4-11H,12-13H2,1-3H3,(H,22,25)(H,23,24). The van der Waals surface area contributed by atoms with E-state index in [9.17, 15) is 14.0 Å². The molecule has 2 N–H and O–H groups in total. The fourth-order valence-electron chi connectivity index (χ4n) is 2.59. The first-order valence-corrected chi connectivity index (χ1v) is 8.20. The maximum atomic E-state index is 14.0. The average molecular weight is 342 g/mol. The molecule has 0 unspecified atom stereocenters. The Morgan fingerprint density at radius 1 is 1.04 bits per heavy atom. The van der Waals surface area contributed by atoms with Gasteiger partial charge in [0.25, 0.3) is 0 Å². The molecule has 25 heavy (non-hydrogen) atoms. The van der Waals surface area contributed by atoms with Crippen LogP contribution < -0.4 is 10.6 Å². The van der Waals surface area contributed by atoms with E-state index in [1.54, 1.807) is 32.0 Å². The molecule has 0 saturated carbocycles. The van der Waals surface area contributed by atoms with Crippen LogP contribution in [0.2, 0.25) is 0 Å². The Morgan fingerprint density at radius 3 is 2.28 bits per heavy atom. The first-order valence-electron chi connectivity index (χ1n) is 8.20. The van der Waals surface area contributed by atoms with Gasteiger partial charge >= 0.3 is 0 Å². The monoisotopic (exact) mass is 342 g/mol. The molecular formula is C20H23FN2O2. The molecule has 2 amide bonds. The minimum atomic E-state index is -0.944. The van der Waals surface area contributed by atoms with Crippen LogP contribution in [0.4, 0.5) is 10.1 Å². The second-order valence-electron chi connectivity index (χ2n) is 6.49. The summed E-state index contributed by atoms with van der Waals surface area (Å²) in [5.41, 5.74) is 1.21. The van der Waals surface area contributed by atoms with Gasteiger partial charge in [0.15, 0.2) is 0 Å². The van der Waals surface area contributed by atoms with E-state index in [0.29, 0.717) is 18.5 Å². The van der Waals surface area contributed by atoms with Crippen LogP contribution in [0.15, 0.2) is 48.5 Å². The number of benzene rings is 2. The lowest BCUT2D eigenvalue weighted by atomic mass is 9.83. The van der Waals surface area contributed by atoms with Crippen molar-refractivity contribution in [2.24, 2.45) is 0 Å². The molecule has 0 aliphatic carbocycles. The van der Waals surface area contributed by atoms with Gasteiger partial charge in [-0.05, 0) is 44.0 Å². The number of halogens is 1. The fraction of sp³-hybridized carbons (Fsp3) is 0.300. The molecular weight excluding hydrogens is 319 g/mol. The van der Waals surface area contributed by atoms with Crippen molar-refractivity contribution in [1.82, 2.24) is 5.32 Å². The van der Waals surface area contributed by atoms with E-state index in [-0.39, 0.29) is 17.6 Å². The van der Waals surface area contributed by atoms with E-state index in [0.717, 1.165) is 11.3 Å². The van der Waals surface area contributed by atoms with Crippen LogP contribution in [0, 0.1) is 5.82 Å². The van der Waals surface area contributed by atoms with E-state index in [1.807, 2.05) is 24.3 Å². The van der Waals surface area contributed by atoms with E-state index >= 15 is 0 Å². The van der Waals surface area contributed by atoms with Crippen LogP contribution in [0.3, 0.4) is 0 Å². The summed E-state index contributed by atoms with van der Waals surface area (Å²) in [5, 5.41) is 5.57. The van der Waals surface area contributed by atoms with Gasteiger partial charge < -0.3 is 10.6 Å². The van der Waals surface area contributed by atoms with Crippen LogP contribution in [0.25, 0.3) is 0 Å². The number of carbonyl (C=O) groups is 2. The van der Waals surface area contributed by atoms with Crippen molar-refractivity contribution < 1.29 is 14.0 Å². The van der Waals surface area contributed by atoms with Crippen LogP contribution in [-0.2, 0) is 21.4 Å². The molecule has 0 atom stereocenters. The topological polar surface area (TPSA) is 58.2 Å². The zero-order valence-corrected chi connectivity index (χ0v) is 14.7. The predicted octanol–water partition coefficient (Wildman–Crippen LogP) is 3.42.